The molecule has 0 heterocycles. The van der Waals surface area contributed by atoms with Crippen LogP contribution in [-0.2, 0) is 10.8 Å². The van der Waals surface area contributed by atoms with Crippen molar-refractivity contribution in [1.82, 2.24) is 5.32 Å². The van der Waals surface area contributed by atoms with E-state index in [-0.39, 0.29) is 10.8 Å². The minimum Gasteiger partial charge on any atom is -0.388 e. The number of benzene rings is 2. The van der Waals surface area contributed by atoms with Gasteiger partial charge in [0.15, 0.2) is 0 Å². The summed E-state index contributed by atoms with van der Waals surface area (Å²) in [6.07, 6.45) is 9.51. The zero-order chi connectivity index (χ0) is 24.0. The van der Waals surface area contributed by atoms with Crippen molar-refractivity contribution in [1.29, 1.82) is 0 Å². The molecule has 0 atom stereocenters. The summed E-state index contributed by atoms with van der Waals surface area (Å²) in [4.78, 5) is 0. The molecule has 0 aliphatic rings. The van der Waals surface area contributed by atoms with Crippen LogP contribution in [0.5, 0.6) is 0 Å². The van der Waals surface area contributed by atoms with Gasteiger partial charge in [-0.05, 0) is 63.9 Å². The lowest BCUT2D eigenvalue weighted by atomic mass is 9.72. The van der Waals surface area contributed by atoms with Crippen LogP contribution in [0.4, 0.5) is 5.69 Å². The van der Waals surface area contributed by atoms with Crippen LogP contribution in [-0.4, -0.2) is 6.54 Å². The summed E-state index contributed by atoms with van der Waals surface area (Å²) in [6, 6.07) is 15.3. The standard InChI is InChI=1S/C30H44N2/c1-28(2,3)19-13-20-31-21-14-22-32-25-18-17-24(29(4,5)6)27(30(7,8)9)26(25)23-15-11-10-12-16-23/h10-18,20,22,31-32H,19,21H2,1-9H3/b20-13+,22-14+. The van der Waals surface area contributed by atoms with Gasteiger partial charge >= 0.3 is 0 Å². The Bertz CT molecular complexity index is 914. The van der Waals surface area contributed by atoms with Gasteiger partial charge < -0.3 is 10.6 Å². The normalized spacial score (nSPS) is 13.2. The highest BCUT2D eigenvalue weighted by Crippen LogP contribution is 2.44. The SMILES string of the molecule is CC(C)(C)C/C=C/NC/C=C/Nc1ccc(C(C)(C)C)c(C(C)(C)C)c1-c1ccccc1. The molecule has 0 spiro atoms. The van der Waals surface area contributed by atoms with Crippen molar-refractivity contribution >= 4 is 5.69 Å². The van der Waals surface area contributed by atoms with Gasteiger partial charge in [0, 0.05) is 17.8 Å². The van der Waals surface area contributed by atoms with Gasteiger partial charge in [-0.3, -0.25) is 0 Å². The number of rotatable bonds is 7. The van der Waals surface area contributed by atoms with Gasteiger partial charge in [0.2, 0.25) is 0 Å². The highest BCUT2D eigenvalue weighted by atomic mass is 14.9. The molecule has 2 aromatic rings. The van der Waals surface area contributed by atoms with Gasteiger partial charge in [0.25, 0.3) is 0 Å². The Morgan fingerprint density at radius 3 is 1.94 bits per heavy atom. The van der Waals surface area contributed by atoms with E-state index in [1.54, 1.807) is 0 Å². The zero-order valence-electron chi connectivity index (χ0n) is 21.8. The van der Waals surface area contributed by atoms with Crippen LogP contribution in [0, 0.1) is 5.41 Å². The van der Waals surface area contributed by atoms with Crippen molar-refractivity contribution in [3.8, 4) is 11.1 Å². The van der Waals surface area contributed by atoms with Crippen molar-refractivity contribution < 1.29 is 0 Å². The molecule has 0 saturated carbocycles. The molecule has 2 aromatic carbocycles. The molecular weight excluding hydrogens is 388 g/mol. The van der Waals surface area contributed by atoms with Gasteiger partial charge in [-0.15, -0.1) is 0 Å². The minimum atomic E-state index is 0.0224. The molecule has 2 nitrogen and oxygen atoms in total. The molecule has 0 saturated heterocycles. The van der Waals surface area contributed by atoms with Crippen LogP contribution in [0.15, 0.2) is 67.0 Å². The summed E-state index contributed by atoms with van der Waals surface area (Å²) in [7, 11) is 0. The molecule has 32 heavy (non-hydrogen) atoms. The Hall–Kier alpha value is -2.48. The second kappa shape index (κ2) is 10.4. The maximum atomic E-state index is 3.57. The largest absolute Gasteiger partial charge is 0.388 e. The maximum Gasteiger partial charge on any atom is 0.0462 e. The molecule has 0 unspecified atom stereocenters. The van der Waals surface area contributed by atoms with Crippen LogP contribution < -0.4 is 10.6 Å². The maximum absolute atomic E-state index is 3.57. The molecule has 0 radical (unpaired) electrons. The summed E-state index contributed by atoms with van der Waals surface area (Å²) < 4.78 is 0. The van der Waals surface area contributed by atoms with E-state index in [1.165, 1.54) is 22.3 Å². The van der Waals surface area contributed by atoms with Gasteiger partial charge in [-0.1, -0.05) is 105 Å². The third-order valence-electron chi connectivity index (χ3n) is 5.38. The third kappa shape index (κ3) is 7.58. The number of hydrogen-bond acceptors (Lipinski definition) is 2. The first-order chi connectivity index (χ1) is 14.8. The lowest BCUT2D eigenvalue weighted by Crippen LogP contribution is -2.23. The van der Waals surface area contributed by atoms with Crippen molar-refractivity contribution in [2.45, 2.75) is 79.6 Å². The molecule has 0 amide bonds. The molecule has 0 aliphatic carbocycles. The second-order valence-electron chi connectivity index (χ2n) is 11.9. The predicted octanol–water partition coefficient (Wildman–Crippen LogP) is 8.41. The van der Waals surface area contributed by atoms with Crippen LogP contribution in [0.3, 0.4) is 0 Å². The lowest BCUT2D eigenvalue weighted by molar-refractivity contribution is 0.420. The Labute approximate surface area is 197 Å². The highest BCUT2D eigenvalue weighted by molar-refractivity contribution is 5.84. The predicted molar refractivity (Wildman–Crippen MR) is 143 cm³/mol. The average Bonchev–Trinajstić information content (AvgIpc) is 2.67. The molecule has 174 valence electrons. The average molecular weight is 433 g/mol. The summed E-state index contributed by atoms with van der Waals surface area (Å²) in [5, 5.41) is 6.92. The first-order valence-electron chi connectivity index (χ1n) is 11.8. The fourth-order valence-corrected chi connectivity index (χ4v) is 3.87. The van der Waals surface area contributed by atoms with E-state index in [4.69, 9.17) is 0 Å². The first kappa shape index (κ1) is 25.8. The fraction of sp³-hybridized carbons (Fsp3) is 0.467. The zero-order valence-corrected chi connectivity index (χ0v) is 21.8. The smallest absolute Gasteiger partial charge is 0.0462 e. The number of anilines is 1. The molecule has 0 aromatic heterocycles. The summed E-state index contributed by atoms with van der Waals surface area (Å²) in [5.74, 6) is 0. The van der Waals surface area contributed by atoms with E-state index in [2.05, 4.69) is 140 Å². The monoisotopic (exact) mass is 432 g/mol. The van der Waals surface area contributed by atoms with Gasteiger partial charge in [0.05, 0.1) is 0 Å². The first-order valence-corrected chi connectivity index (χ1v) is 11.8. The fourth-order valence-electron chi connectivity index (χ4n) is 3.87. The van der Waals surface area contributed by atoms with E-state index in [1.807, 2.05) is 0 Å². The lowest BCUT2D eigenvalue weighted by Gasteiger charge is -2.33. The molecule has 2 heteroatoms. The van der Waals surface area contributed by atoms with Crippen molar-refractivity contribution in [3.05, 3.63) is 78.1 Å². The summed E-state index contributed by atoms with van der Waals surface area (Å²) in [6.45, 7) is 21.4. The molecule has 0 bridgehead atoms. The number of hydrogen-bond donors (Lipinski definition) is 2. The molecule has 2 rings (SSSR count). The quantitative estimate of drug-likeness (QED) is 0.429. The highest BCUT2D eigenvalue weighted by Gasteiger charge is 2.29. The Balaban J connectivity index is 2.33. The second-order valence-corrected chi connectivity index (χ2v) is 11.9. The molecule has 0 fully saturated rings. The third-order valence-corrected chi connectivity index (χ3v) is 5.38. The van der Waals surface area contributed by atoms with E-state index >= 15 is 0 Å². The van der Waals surface area contributed by atoms with Gasteiger partial charge in [-0.2, -0.15) is 0 Å². The van der Waals surface area contributed by atoms with E-state index in [9.17, 15) is 0 Å². The van der Waals surface area contributed by atoms with Crippen molar-refractivity contribution in [2.24, 2.45) is 5.41 Å². The van der Waals surface area contributed by atoms with Crippen LogP contribution in [0.25, 0.3) is 11.1 Å². The Morgan fingerprint density at radius 2 is 1.38 bits per heavy atom. The van der Waals surface area contributed by atoms with Crippen molar-refractivity contribution in [3.63, 3.8) is 0 Å². The van der Waals surface area contributed by atoms with Gasteiger partial charge in [-0.25, -0.2) is 0 Å². The molecular formula is C30H44N2. The van der Waals surface area contributed by atoms with Gasteiger partial charge in [0.1, 0.15) is 0 Å². The summed E-state index contributed by atoms with van der Waals surface area (Å²) >= 11 is 0. The molecule has 2 N–H and O–H groups in total. The van der Waals surface area contributed by atoms with Crippen LogP contribution in [0.1, 0.15) is 79.9 Å². The Morgan fingerprint density at radius 1 is 0.719 bits per heavy atom. The minimum absolute atomic E-state index is 0.0224. The Kier molecular flexibility index (Phi) is 8.40. The van der Waals surface area contributed by atoms with Crippen LogP contribution >= 0.6 is 0 Å². The van der Waals surface area contributed by atoms with E-state index < -0.39 is 0 Å². The van der Waals surface area contributed by atoms with E-state index in [0.717, 1.165) is 18.7 Å². The summed E-state index contributed by atoms with van der Waals surface area (Å²) in [5.41, 5.74) is 6.94. The molecule has 0 aliphatic heterocycles. The topological polar surface area (TPSA) is 24.1 Å². The van der Waals surface area contributed by atoms with Crippen LogP contribution in [0.2, 0.25) is 0 Å². The number of allylic oxidation sites excluding steroid dienone is 1. The number of nitrogens with one attached hydrogen (secondary N) is 2. The van der Waals surface area contributed by atoms with E-state index in [0.29, 0.717) is 5.41 Å². The van der Waals surface area contributed by atoms with Crippen molar-refractivity contribution in [2.75, 3.05) is 11.9 Å².